The van der Waals surface area contributed by atoms with Crippen LogP contribution in [0.1, 0.15) is 35.6 Å². The van der Waals surface area contributed by atoms with Crippen LogP contribution < -0.4 is 16.5 Å². The van der Waals surface area contributed by atoms with E-state index in [1.807, 2.05) is 18.2 Å². The van der Waals surface area contributed by atoms with Crippen LogP contribution in [0.5, 0.6) is 0 Å². The Morgan fingerprint density at radius 1 is 1.28 bits per heavy atom. The van der Waals surface area contributed by atoms with Gasteiger partial charge in [-0.1, -0.05) is 26.0 Å². The molecule has 0 radical (unpaired) electrons. The highest BCUT2D eigenvalue weighted by Gasteiger charge is 2.18. The van der Waals surface area contributed by atoms with E-state index >= 15 is 0 Å². The molecule has 1 amide bonds. The topological polar surface area (TPSA) is 109 Å². The molecule has 0 fully saturated rings. The first-order valence-electron chi connectivity index (χ1n) is 8.21. The van der Waals surface area contributed by atoms with E-state index in [4.69, 9.17) is 11.1 Å². The van der Waals surface area contributed by atoms with Crippen molar-refractivity contribution < 1.29 is 10.2 Å². The van der Waals surface area contributed by atoms with Gasteiger partial charge in [-0.2, -0.15) is 0 Å². The molecule has 3 aromatic rings. The average Bonchev–Trinajstić information content (AvgIpc) is 3.02. The van der Waals surface area contributed by atoms with E-state index in [2.05, 4.69) is 29.1 Å². The van der Waals surface area contributed by atoms with Crippen LogP contribution in [0.2, 0.25) is 0 Å². The lowest BCUT2D eigenvalue weighted by molar-refractivity contribution is -0.112. The van der Waals surface area contributed by atoms with Gasteiger partial charge in [0.2, 0.25) is 11.5 Å². The van der Waals surface area contributed by atoms with Crippen molar-refractivity contribution in [3.05, 3.63) is 59.4 Å². The van der Waals surface area contributed by atoms with Crippen LogP contribution in [0.4, 0.5) is 5.69 Å². The highest BCUT2D eigenvalue weighted by molar-refractivity contribution is 6.11. The smallest absolute Gasteiger partial charge is 0.251 e. The summed E-state index contributed by atoms with van der Waals surface area (Å²) in [7, 11) is 0. The lowest BCUT2D eigenvalue weighted by Crippen LogP contribution is -2.42. The summed E-state index contributed by atoms with van der Waals surface area (Å²) < 4.78 is 0. The molecule has 0 aliphatic carbocycles. The molecule has 2 aromatic carbocycles. The number of nitrogens with one attached hydrogen (secondary N) is 2. The Morgan fingerprint density at radius 3 is 2.76 bits per heavy atom. The van der Waals surface area contributed by atoms with Crippen molar-refractivity contribution in [1.82, 2.24) is 15.3 Å². The zero-order valence-electron chi connectivity index (χ0n) is 14.3. The maximum atomic E-state index is 12.2. The summed E-state index contributed by atoms with van der Waals surface area (Å²) in [5.74, 6) is 0.834. The molecule has 0 spiro atoms. The van der Waals surface area contributed by atoms with Crippen LogP contribution >= 0.6 is 0 Å². The van der Waals surface area contributed by atoms with Crippen molar-refractivity contribution in [1.29, 1.82) is 0 Å². The lowest BCUT2D eigenvalue weighted by Gasteiger charge is -2.07. The van der Waals surface area contributed by atoms with E-state index in [0.717, 1.165) is 16.6 Å². The Labute approximate surface area is 146 Å². The zero-order valence-corrected chi connectivity index (χ0v) is 14.3. The predicted molar refractivity (Wildman–Crippen MR) is 99.3 cm³/mol. The normalized spacial score (nSPS) is 11.0. The predicted octanol–water partition coefficient (Wildman–Crippen LogP) is 1.13. The van der Waals surface area contributed by atoms with Crippen molar-refractivity contribution in [3.8, 4) is 0 Å². The summed E-state index contributed by atoms with van der Waals surface area (Å²) in [4.78, 5) is 19.9. The summed E-state index contributed by atoms with van der Waals surface area (Å²) >= 11 is 0. The number of nitrogens with zero attached hydrogens (tertiary/aromatic N) is 1. The Balaban J connectivity index is 1.89. The number of fused-ring (bicyclic) bond motifs is 1. The molecule has 0 unspecified atom stereocenters. The number of imidazole rings is 1. The molecular formula is C19H22N5O+. The van der Waals surface area contributed by atoms with Gasteiger partial charge in [0.05, 0.1) is 16.6 Å². The van der Waals surface area contributed by atoms with Crippen LogP contribution in [0.15, 0.2) is 42.5 Å². The first kappa shape index (κ1) is 16.7. The van der Waals surface area contributed by atoms with Crippen LogP contribution in [0.3, 0.4) is 0 Å². The number of hydrogen-bond donors (Lipinski definition) is 4. The average molecular weight is 336 g/mol. The maximum absolute atomic E-state index is 12.2. The number of aromatic nitrogens is 2. The molecular weight excluding hydrogens is 314 g/mol. The number of nitrogen functional groups attached to an aromatic ring is 1. The fourth-order valence-corrected chi connectivity index (χ4v) is 2.55. The third-order valence-electron chi connectivity index (χ3n) is 3.92. The van der Waals surface area contributed by atoms with Crippen molar-refractivity contribution in [2.45, 2.75) is 13.8 Å². The second-order valence-corrected chi connectivity index (χ2v) is 6.42. The SMILES string of the molecule is CC(C)CNC(=O)c1ccc2nc(C(=[NH2+])c3ccccc3N)[nH]c2c1. The molecule has 6 nitrogen and oxygen atoms in total. The first-order valence-corrected chi connectivity index (χ1v) is 8.21. The van der Waals surface area contributed by atoms with Crippen LogP contribution in [0.25, 0.3) is 11.0 Å². The van der Waals surface area contributed by atoms with Crippen molar-refractivity contribution in [2.24, 2.45) is 5.92 Å². The Hall–Kier alpha value is -3.15. The Kier molecular flexibility index (Phi) is 4.52. The molecule has 0 bridgehead atoms. The van der Waals surface area contributed by atoms with Gasteiger partial charge in [0.1, 0.15) is 0 Å². The van der Waals surface area contributed by atoms with Crippen molar-refractivity contribution >= 4 is 28.3 Å². The number of nitrogens with two attached hydrogens (primary N) is 2. The molecule has 6 heteroatoms. The van der Waals surface area contributed by atoms with Crippen molar-refractivity contribution in [3.63, 3.8) is 0 Å². The van der Waals surface area contributed by atoms with E-state index in [1.54, 1.807) is 24.3 Å². The number of rotatable bonds is 5. The van der Waals surface area contributed by atoms with Gasteiger partial charge < -0.3 is 16.0 Å². The Morgan fingerprint density at radius 2 is 2.04 bits per heavy atom. The highest BCUT2D eigenvalue weighted by atomic mass is 16.1. The molecule has 0 atom stereocenters. The van der Waals surface area contributed by atoms with Gasteiger partial charge in [0.25, 0.3) is 5.91 Å². The number of benzene rings is 2. The number of carbonyl (C=O) groups is 1. The second kappa shape index (κ2) is 6.76. The van der Waals surface area contributed by atoms with Gasteiger partial charge in [-0.05, 0) is 36.2 Å². The number of hydrogen-bond acceptors (Lipinski definition) is 3. The summed E-state index contributed by atoms with van der Waals surface area (Å²) in [6.45, 7) is 4.75. The molecule has 0 saturated heterocycles. The fraction of sp³-hybridized carbons (Fsp3) is 0.211. The van der Waals surface area contributed by atoms with Crippen LogP contribution in [0, 0.1) is 5.92 Å². The number of aromatic amines is 1. The minimum atomic E-state index is -0.101. The van der Waals surface area contributed by atoms with E-state index < -0.39 is 0 Å². The molecule has 1 heterocycles. The summed E-state index contributed by atoms with van der Waals surface area (Å²) in [6.07, 6.45) is 0. The summed E-state index contributed by atoms with van der Waals surface area (Å²) in [6, 6.07) is 12.7. The zero-order chi connectivity index (χ0) is 18.0. The van der Waals surface area contributed by atoms with Gasteiger partial charge in [-0.3, -0.25) is 10.2 Å². The van der Waals surface area contributed by atoms with Gasteiger partial charge in [-0.15, -0.1) is 0 Å². The van der Waals surface area contributed by atoms with E-state index in [0.29, 0.717) is 35.2 Å². The Bertz CT molecular complexity index is 942. The molecule has 25 heavy (non-hydrogen) atoms. The number of H-pyrrole nitrogens is 1. The quantitative estimate of drug-likeness (QED) is 0.414. The molecule has 0 aliphatic heterocycles. The standard InChI is InChI=1S/C19H21N5O/c1-11(2)10-22-19(25)12-7-8-15-16(9-12)24-18(23-15)17(21)13-5-3-4-6-14(13)20/h3-9,11,21H,10,20H2,1-2H3,(H,22,25)(H,23,24)/p+1. The van der Waals surface area contributed by atoms with Gasteiger partial charge >= 0.3 is 0 Å². The summed E-state index contributed by atoms with van der Waals surface area (Å²) in [5.41, 5.74) is 9.86. The van der Waals surface area contributed by atoms with E-state index in [-0.39, 0.29) is 5.91 Å². The molecule has 0 saturated carbocycles. The summed E-state index contributed by atoms with van der Waals surface area (Å²) in [5, 5.41) is 9.13. The van der Waals surface area contributed by atoms with Crippen molar-refractivity contribution in [2.75, 3.05) is 12.3 Å². The monoisotopic (exact) mass is 336 g/mol. The molecule has 128 valence electrons. The molecule has 3 rings (SSSR count). The minimum absolute atomic E-state index is 0.101. The molecule has 0 aliphatic rings. The second-order valence-electron chi connectivity index (χ2n) is 6.42. The van der Waals surface area contributed by atoms with E-state index in [1.165, 1.54) is 0 Å². The third kappa shape index (κ3) is 3.52. The van der Waals surface area contributed by atoms with Gasteiger partial charge in [-0.25, -0.2) is 4.98 Å². The first-order chi connectivity index (χ1) is 12.0. The molecule has 6 N–H and O–H groups in total. The molecule has 1 aromatic heterocycles. The van der Waals surface area contributed by atoms with Gasteiger partial charge in [0, 0.05) is 17.8 Å². The largest absolute Gasteiger partial charge is 0.398 e. The fourth-order valence-electron chi connectivity index (χ4n) is 2.55. The number of amides is 1. The number of anilines is 1. The highest BCUT2D eigenvalue weighted by Crippen LogP contribution is 2.17. The maximum Gasteiger partial charge on any atom is 0.251 e. The van der Waals surface area contributed by atoms with E-state index in [9.17, 15) is 4.79 Å². The van der Waals surface area contributed by atoms with Crippen LogP contribution in [-0.4, -0.2) is 28.1 Å². The number of carbonyl (C=O) groups excluding carboxylic acids is 1. The third-order valence-corrected chi connectivity index (χ3v) is 3.92. The van der Waals surface area contributed by atoms with Gasteiger partial charge in [0.15, 0.2) is 0 Å². The van der Waals surface area contributed by atoms with Crippen LogP contribution in [-0.2, 0) is 0 Å². The lowest BCUT2D eigenvalue weighted by atomic mass is 10.1. The minimum Gasteiger partial charge on any atom is -0.398 e. The number of para-hydroxylation sites is 1.